The van der Waals surface area contributed by atoms with Gasteiger partial charge >= 0.3 is 0 Å². The van der Waals surface area contributed by atoms with Gasteiger partial charge in [-0.3, -0.25) is 14.5 Å². The van der Waals surface area contributed by atoms with Gasteiger partial charge in [-0.25, -0.2) is 0 Å². The van der Waals surface area contributed by atoms with Gasteiger partial charge in [-0.2, -0.15) is 0 Å². The molecule has 0 aromatic heterocycles. The van der Waals surface area contributed by atoms with E-state index in [0.717, 1.165) is 12.1 Å². The minimum Gasteiger partial charge on any atom is -0.398 e. The molecule has 0 bridgehead atoms. The van der Waals surface area contributed by atoms with Gasteiger partial charge in [0.1, 0.15) is 0 Å². The van der Waals surface area contributed by atoms with Crippen LogP contribution in [-0.4, -0.2) is 42.3 Å². The molecule has 4 rings (SSSR count). The van der Waals surface area contributed by atoms with E-state index < -0.39 is 0 Å². The molecule has 0 spiro atoms. The Morgan fingerprint density at radius 3 is 2.46 bits per heavy atom. The Bertz CT molecular complexity index is 900. The number of likely N-dealkylation sites (N-methyl/N-ethyl adjacent to an activating group) is 1. The van der Waals surface area contributed by atoms with Gasteiger partial charge in [0.15, 0.2) is 0 Å². The number of anilines is 1. The molecule has 2 aromatic carbocycles. The van der Waals surface area contributed by atoms with Crippen molar-refractivity contribution in [2.24, 2.45) is 0 Å². The van der Waals surface area contributed by atoms with Crippen molar-refractivity contribution in [3.8, 4) is 0 Å². The molecule has 1 aliphatic carbocycles. The van der Waals surface area contributed by atoms with Gasteiger partial charge in [-0.1, -0.05) is 30.3 Å². The predicted octanol–water partition coefficient (Wildman–Crippen LogP) is 2.66. The maximum atomic E-state index is 12.7. The van der Waals surface area contributed by atoms with Crippen LogP contribution in [0.3, 0.4) is 0 Å². The maximum absolute atomic E-state index is 12.7. The van der Waals surface area contributed by atoms with E-state index in [1.807, 2.05) is 12.1 Å². The third kappa shape index (κ3) is 2.69. The molecule has 0 saturated heterocycles. The number of benzene rings is 2. The highest BCUT2D eigenvalue weighted by Gasteiger charge is 2.44. The first kappa shape index (κ1) is 16.8. The fourth-order valence-electron chi connectivity index (χ4n) is 3.98. The van der Waals surface area contributed by atoms with E-state index in [1.165, 1.54) is 23.3 Å². The molecule has 0 atom stereocenters. The van der Waals surface area contributed by atoms with Crippen molar-refractivity contribution >= 4 is 17.5 Å². The third-order valence-electron chi connectivity index (χ3n) is 5.38. The van der Waals surface area contributed by atoms with Gasteiger partial charge in [0.2, 0.25) is 0 Å². The topological polar surface area (TPSA) is 66.6 Å². The SMILES string of the molecule is CN(C)CC1(c2cccc(CN3C(=O)c4cccc(N)c4C3=O)c2)CC1. The van der Waals surface area contributed by atoms with Crippen molar-refractivity contribution in [1.82, 2.24) is 9.80 Å². The average Bonchev–Trinajstić information content (AvgIpc) is 3.34. The molecule has 5 nitrogen and oxygen atoms in total. The fourth-order valence-corrected chi connectivity index (χ4v) is 3.98. The first-order valence-electron chi connectivity index (χ1n) is 8.90. The standard InChI is InChI=1S/C21H23N3O2/c1-23(2)13-21(9-10-21)15-6-3-5-14(11-15)12-24-19(25)16-7-4-8-17(22)18(16)20(24)26/h3-8,11H,9-10,12-13,22H2,1-2H3. The third-order valence-corrected chi connectivity index (χ3v) is 5.38. The number of amides is 2. The van der Waals surface area contributed by atoms with E-state index in [4.69, 9.17) is 5.73 Å². The summed E-state index contributed by atoms with van der Waals surface area (Å²) >= 11 is 0. The maximum Gasteiger partial charge on any atom is 0.263 e. The highest BCUT2D eigenvalue weighted by atomic mass is 16.2. The van der Waals surface area contributed by atoms with Crippen LogP contribution >= 0.6 is 0 Å². The smallest absolute Gasteiger partial charge is 0.263 e. The van der Waals surface area contributed by atoms with E-state index in [1.54, 1.807) is 18.2 Å². The van der Waals surface area contributed by atoms with Crippen molar-refractivity contribution in [3.63, 3.8) is 0 Å². The second-order valence-corrected chi connectivity index (χ2v) is 7.68. The van der Waals surface area contributed by atoms with Crippen molar-refractivity contribution < 1.29 is 9.59 Å². The van der Waals surface area contributed by atoms with Crippen LogP contribution in [-0.2, 0) is 12.0 Å². The average molecular weight is 349 g/mol. The number of hydrogen-bond donors (Lipinski definition) is 1. The Hall–Kier alpha value is -2.66. The van der Waals surface area contributed by atoms with Crippen molar-refractivity contribution in [1.29, 1.82) is 0 Å². The quantitative estimate of drug-likeness (QED) is 0.666. The summed E-state index contributed by atoms with van der Waals surface area (Å²) in [4.78, 5) is 28.8. The number of imide groups is 1. The van der Waals surface area contributed by atoms with E-state index >= 15 is 0 Å². The minimum absolute atomic E-state index is 0.214. The number of fused-ring (bicyclic) bond motifs is 1. The van der Waals surface area contributed by atoms with Gasteiger partial charge in [-0.15, -0.1) is 0 Å². The summed E-state index contributed by atoms with van der Waals surface area (Å²) < 4.78 is 0. The van der Waals surface area contributed by atoms with Crippen LogP contribution in [0.1, 0.15) is 44.7 Å². The summed E-state index contributed by atoms with van der Waals surface area (Å²) in [5.41, 5.74) is 9.48. The zero-order valence-electron chi connectivity index (χ0n) is 15.2. The Morgan fingerprint density at radius 1 is 1.08 bits per heavy atom. The van der Waals surface area contributed by atoms with Gasteiger partial charge in [0.25, 0.3) is 11.8 Å². The molecule has 2 N–H and O–H groups in total. The number of nitrogens with two attached hydrogens (primary N) is 1. The van der Waals surface area contributed by atoms with Gasteiger partial charge in [0.05, 0.1) is 17.7 Å². The normalized spacial score (nSPS) is 17.7. The molecular weight excluding hydrogens is 326 g/mol. The Labute approximate surface area is 153 Å². The number of rotatable bonds is 5. The van der Waals surface area contributed by atoms with Crippen LogP contribution in [0.5, 0.6) is 0 Å². The molecule has 2 aliphatic rings. The highest BCUT2D eigenvalue weighted by molar-refractivity contribution is 6.23. The monoisotopic (exact) mass is 349 g/mol. The number of nitrogens with zero attached hydrogens (tertiary/aromatic N) is 2. The Morgan fingerprint density at radius 2 is 1.81 bits per heavy atom. The molecular formula is C21H23N3O2. The number of nitrogen functional groups attached to an aromatic ring is 1. The van der Waals surface area contributed by atoms with Gasteiger partial charge in [-0.05, 0) is 50.2 Å². The summed E-state index contributed by atoms with van der Waals surface area (Å²) in [6.45, 7) is 1.29. The summed E-state index contributed by atoms with van der Waals surface area (Å²) in [7, 11) is 4.18. The van der Waals surface area contributed by atoms with Crippen LogP contribution in [0.2, 0.25) is 0 Å². The minimum atomic E-state index is -0.303. The van der Waals surface area contributed by atoms with Crippen LogP contribution in [0, 0.1) is 0 Å². The highest BCUT2D eigenvalue weighted by Crippen LogP contribution is 2.48. The first-order chi connectivity index (χ1) is 12.4. The summed E-state index contributed by atoms with van der Waals surface area (Å²) in [6.07, 6.45) is 2.36. The van der Waals surface area contributed by atoms with E-state index in [-0.39, 0.29) is 23.8 Å². The lowest BCUT2D eigenvalue weighted by molar-refractivity contribution is 0.0642. The van der Waals surface area contributed by atoms with Crippen molar-refractivity contribution in [3.05, 3.63) is 64.7 Å². The Kier molecular flexibility index (Phi) is 3.84. The van der Waals surface area contributed by atoms with E-state index in [0.29, 0.717) is 16.8 Å². The molecule has 2 aromatic rings. The fraction of sp³-hybridized carbons (Fsp3) is 0.333. The Balaban J connectivity index is 1.60. The largest absolute Gasteiger partial charge is 0.398 e. The lowest BCUT2D eigenvalue weighted by atomic mass is 9.94. The number of carbonyl (C=O) groups is 2. The molecule has 1 saturated carbocycles. The molecule has 1 heterocycles. The molecule has 0 radical (unpaired) electrons. The summed E-state index contributed by atoms with van der Waals surface area (Å²) in [6, 6.07) is 13.3. The summed E-state index contributed by atoms with van der Waals surface area (Å²) in [5.74, 6) is -0.569. The molecule has 26 heavy (non-hydrogen) atoms. The zero-order chi connectivity index (χ0) is 18.5. The molecule has 0 unspecified atom stereocenters. The molecule has 5 heteroatoms. The van der Waals surface area contributed by atoms with Crippen molar-refractivity contribution in [2.75, 3.05) is 26.4 Å². The van der Waals surface area contributed by atoms with E-state index in [2.05, 4.69) is 31.1 Å². The zero-order valence-corrected chi connectivity index (χ0v) is 15.2. The van der Waals surface area contributed by atoms with Crippen LogP contribution in [0.4, 0.5) is 5.69 Å². The lowest BCUT2D eigenvalue weighted by Crippen LogP contribution is -2.29. The molecule has 2 amide bonds. The van der Waals surface area contributed by atoms with Crippen molar-refractivity contribution in [2.45, 2.75) is 24.8 Å². The van der Waals surface area contributed by atoms with E-state index in [9.17, 15) is 9.59 Å². The predicted molar refractivity (Wildman–Crippen MR) is 101 cm³/mol. The second-order valence-electron chi connectivity index (χ2n) is 7.68. The molecule has 134 valence electrons. The molecule has 1 aliphatic heterocycles. The number of hydrogen-bond acceptors (Lipinski definition) is 4. The lowest BCUT2D eigenvalue weighted by Gasteiger charge is -2.22. The van der Waals surface area contributed by atoms with Gasteiger partial charge < -0.3 is 10.6 Å². The van der Waals surface area contributed by atoms with Crippen LogP contribution in [0.15, 0.2) is 42.5 Å². The second kappa shape index (κ2) is 5.95. The summed E-state index contributed by atoms with van der Waals surface area (Å²) in [5, 5.41) is 0. The van der Waals surface area contributed by atoms with Crippen LogP contribution in [0.25, 0.3) is 0 Å². The van der Waals surface area contributed by atoms with Gasteiger partial charge in [0, 0.05) is 17.6 Å². The number of carbonyl (C=O) groups excluding carboxylic acids is 2. The first-order valence-corrected chi connectivity index (χ1v) is 8.90. The van der Waals surface area contributed by atoms with Crippen LogP contribution < -0.4 is 5.73 Å². The molecule has 1 fully saturated rings.